The van der Waals surface area contributed by atoms with Crippen LogP contribution in [-0.2, 0) is 0 Å². The molecule has 0 saturated heterocycles. The number of anilines is 4. The summed E-state index contributed by atoms with van der Waals surface area (Å²) in [4.78, 5) is 24.5. The molecule has 0 unspecified atom stereocenters. The summed E-state index contributed by atoms with van der Waals surface area (Å²) in [5, 5.41) is 12.1. The molecule has 0 aliphatic heterocycles. The second-order valence-electron chi connectivity index (χ2n) is 6.41. The molecule has 0 spiro atoms. The number of benzene rings is 3. The highest BCUT2D eigenvalue weighted by atomic mass is 35.5. The van der Waals surface area contributed by atoms with Gasteiger partial charge in [0.15, 0.2) is 0 Å². The van der Waals surface area contributed by atoms with E-state index < -0.39 is 12.1 Å². The number of hydrogen-bond acceptors (Lipinski definition) is 2. The summed E-state index contributed by atoms with van der Waals surface area (Å²) in [7, 11) is 0. The molecule has 9 heteroatoms. The summed E-state index contributed by atoms with van der Waals surface area (Å²) in [6.07, 6.45) is 0. The number of hydrogen-bond donors (Lipinski definition) is 4. The van der Waals surface area contributed by atoms with Gasteiger partial charge < -0.3 is 21.3 Å². The number of carbonyl (C=O) groups is 2. The van der Waals surface area contributed by atoms with Crippen LogP contribution in [0, 0.1) is 6.92 Å². The van der Waals surface area contributed by atoms with E-state index in [1.807, 2.05) is 6.92 Å². The average Bonchev–Trinajstić information content (AvgIpc) is 2.59. The predicted molar refractivity (Wildman–Crippen MR) is 124 cm³/mol. The van der Waals surface area contributed by atoms with Crippen molar-refractivity contribution in [2.45, 2.75) is 6.92 Å². The van der Waals surface area contributed by atoms with E-state index in [2.05, 4.69) is 21.3 Å². The van der Waals surface area contributed by atoms with E-state index in [9.17, 15) is 9.59 Å². The summed E-state index contributed by atoms with van der Waals surface area (Å²) >= 11 is 17.9. The minimum Gasteiger partial charge on any atom is -0.308 e. The van der Waals surface area contributed by atoms with Crippen molar-refractivity contribution in [3.63, 3.8) is 0 Å². The van der Waals surface area contributed by atoms with E-state index in [1.54, 1.807) is 60.7 Å². The molecule has 4 amide bonds. The molecule has 0 bridgehead atoms. The second-order valence-corrected chi connectivity index (χ2v) is 7.72. The zero-order chi connectivity index (χ0) is 21.7. The average molecular weight is 464 g/mol. The lowest BCUT2D eigenvalue weighted by Gasteiger charge is -2.11. The normalized spacial score (nSPS) is 10.3. The molecule has 154 valence electrons. The topological polar surface area (TPSA) is 82.3 Å². The van der Waals surface area contributed by atoms with Gasteiger partial charge in [-0.2, -0.15) is 0 Å². The Labute approximate surface area is 188 Å². The van der Waals surface area contributed by atoms with Crippen LogP contribution in [0.15, 0.2) is 60.7 Å². The molecule has 3 aromatic rings. The third-order valence-electron chi connectivity index (χ3n) is 3.80. The smallest absolute Gasteiger partial charge is 0.308 e. The van der Waals surface area contributed by atoms with Crippen LogP contribution in [0.5, 0.6) is 0 Å². The Morgan fingerprint density at radius 3 is 1.53 bits per heavy atom. The lowest BCUT2D eigenvalue weighted by molar-refractivity contribution is 0.261. The number of carbonyl (C=O) groups excluding carboxylic acids is 2. The summed E-state index contributed by atoms with van der Waals surface area (Å²) in [5.41, 5.74) is 2.93. The molecule has 0 atom stereocenters. The first-order valence-electron chi connectivity index (χ1n) is 8.76. The summed E-state index contributed by atoms with van der Waals surface area (Å²) in [6, 6.07) is 15.7. The van der Waals surface area contributed by atoms with Crippen LogP contribution in [0.4, 0.5) is 32.3 Å². The summed E-state index contributed by atoms with van der Waals surface area (Å²) in [5.74, 6) is 0. The Balaban J connectivity index is 1.61. The lowest BCUT2D eigenvalue weighted by Crippen LogP contribution is -2.21. The van der Waals surface area contributed by atoms with Crippen molar-refractivity contribution in [2.75, 3.05) is 21.3 Å². The Kier molecular flexibility index (Phi) is 7.05. The van der Waals surface area contributed by atoms with Crippen molar-refractivity contribution in [1.29, 1.82) is 0 Å². The van der Waals surface area contributed by atoms with Gasteiger partial charge in [-0.3, -0.25) is 0 Å². The van der Waals surface area contributed by atoms with Crippen LogP contribution in [0.3, 0.4) is 0 Å². The van der Waals surface area contributed by atoms with Gasteiger partial charge in [-0.05, 0) is 67.1 Å². The minimum atomic E-state index is -0.482. The minimum absolute atomic E-state index is 0.407. The molecule has 3 aromatic carbocycles. The maximum Gasteiger partial charge on any atom is 0.323 e. The van der Waals surface area contributed by atoms with Crippen LogP contribution < -0.4 is 21.3 Å². The largest absolute Gasteiger partial charge is 0.323 e. The van der Waals surface area contributed by atoms with Crippen LogP contribution >= 0.6 is 34.8 Å². The van der Waals surface area contributed by atoms with Crippen LogP contribution in [-0.4, -0.2) is 12.1 Å². The van der Waals surface area contributed by atoms with Gasteiger partial charge in [0, 0.05) is 37.8 Å². The lowest BCUT2D eigenvalue weighted by atomic mass is 10.2. The molecule has 3 rings (SSSR count). The van der Waals surface area contributed by atoms with Gasteiger partial charge in [-0.1, -0.05) is 40.9 Å². The molecular weight excluding hydrogens is 447 g/mol. The number of urea groups is 2. The zero-order valence-electron chi connectivity index (χ0n) is 15.7. The first-order valence-corrected chi connectivity index (χ1v) is 9.89. The Morgan fingerprint density at radius 2 is 1.03 bits per heavy atom. The molecular formula is C21H17Cl3N4O2. The van der Waals surface area contributed by atoms with E-state index in [1.165, 1.54) is 0 Å². The maximum absolute atomic E-state index is 12.3. The van der Waals surface area contributed by atoms with Gasteiger partial charge >= 0.3 is 12.1 Å². The van der Waals surface area contributed by atoms with Crippen molar-refractivity contribution in [1.82, 2.24) is 0 Å². The van der Waals surface area contributed by atoms with Crippen molar-refractivity contribution >= 4 is 69.6 Å². The van der Waals surface area contributed by atoms with Gasteiger partial charge in [-0.15, -0.1) is 0 Å². The van der Waals surface area contributed by atoms with E-state index >= 15 is 0 Å². The predicted octanol–water partition coefficient (Wildman–Crippen LogP) is 7.24. The highest BCUT2D eigenvalue weighted by Gasteiger charge is 2.08. The fourth-order valence-electron chi connectivity index (χ4n) is 2.70. The van der Waals surface area contributed by atoms with Gasteiger partial charge in [0.25, 0.3) is 0 Å². The maximum atomic E-state index is 12.3. The fourth-order valence-corrected chi connectivity index (χ4v) is 3.51. The zero-order valence-corrected chi connectivity index (χ0v) is 18.0. The van der Waals surface area contributed by atoms with E-state index in [4.69, 9.17) is 34.8 Å². The highest BCUT2D eigenvalue weighted by molar-refractivity contribution is 6.35. The molecule has 0 radical (unpaired) electrons. The highest BCUT2D eigenvalue weighted by Crippen LogP contribution is 2.23. The first kappa shape index (κ1) is 21.8. The van der Waals surface area contributed by atoms with E-state index in [0.29, 0.717) is 37.8 Å². The first-order chi connectivity index (χ1) is 14.3. The van der Waals surface area contributed by atoms with Crippen LogP contribution in [0.1, 0.15) is 5.56 Å². The Hall–Kier alpha value is -2.93. The number of aryl methyl sites for hydroxylation is 1. The molecule has 0 aromatic heterocycles. The number of rotatable bonds is 4. The standard InChI is InChI=1S/C21H17Cl3N4O2/c1-12-5-13(22)8-18(6-12)27-20(29)25-16-3-2-4-17(11-16)26-21(30)28-19-9-14(23)7-15(24)10-19/h2-11H,1H3,(H2,25,27,29)(H2,26,28,30). The second kappa shape index (κ2) is 9.71. The summed E-state index contributed by atoms with van der Waals surface area (Å²) in [6.45, 7) is 1.88. The number of amides is 4. The molecule has 30 heavy (non-hydrogen) atoms. The van der Waals surface area contributed by atoms with Crippen LogP contribution in [0.2, 0.25) is 15.1 Å². The number of nitrogens with one attached hydrogen (secondary N) is 4. The number of halogens is 3. The Morgan fingerprint density at radius 1 is 0.600 bits per heavy atom. The quantitative estimate of drug-likeness (QED) is 0.329. The van der Waals surface area contributed by atoms with Crippen molar-refractivity contribution in [2.24, 2.45) is 0 Å². The van der Waals surface area contributed by atoms with E-state index in [-0.39, 0.29) is 0 Å². The molecule has 6 nitrogen and oxygen atoms in total. The van der Waals surface area contributed by atoms with Gasteiger partial charge in [0.1, 0.15) is 0 Å². The van der Waals surface area contributed by atoms with Gasteiger partial charge in [0.2, 0.25) is 0 Å². The summed E-state index contributed by atoms with van der Waals surface area (Å²) < 4.78 is 0. The van der Waals surface area contributed by atoms with Crippen LogP contribution in [0.25, 0.3) is 0 Å². The van der Waals surface area contributed by atoms with E-state index in [0.717, 1.165) is 5.56 Å². The van der Waals surface area contributed by atoms with Crippen molar-refractivity contribution < 1.29 is 9.59 Å². The van der Waals surface area contributed by atoms with Gasteiger partial charge in [0.05, 0.1) is 0 Å². The molecule has 0 aliphatic carbocycles. The molecule has 0 fully saturated rings. The molecule has 0 saturated carbocycles. The molecule has 0 heterocycles. The fraction of sp³-hybridized carbons (Fsp3) is 0.0476. The molecule has 4 N–H and O–H groups in total. The monoisotopic (exact) mass is 462 g/mol. The molecule has 0 aliphatic rings. The van der Waals surface area contributed by atoms with Crippen molar-refractivity contribution in [3.05, 3.63) is 81.3 Å². The SMILES string of the molecule is Cc1cc(Cl)cc(NC(=O)Nc2cccc(NC(=O)Nc3cc(Cl)cc(Cl)c3)c2)c1. The Bertz CT molecular complexity index is 982. The van der Waals surface area contributed by atoms with Crippen molar-refractivity contribution in [3.8, 4) is 0 Å². The third-order valence-corrected chi connectivity index (χ3v) is 4.45. The third kappa shape index (κ3) is 6.56. The van der Waals surface area contributed by atoms with Gasteiger partial charge in [-0.25, -0.2) is 9.59 Å².